The second-order valence-corrected chi connectivity index (χ2v) is 10.5. The third-order valence-electron chi connectivity index (χ3n) is 6.88. The summed E-state index contributed by atoms with van der Waals surface area (Å²) in [5.41, 5.74) is 13.2. The van der Waals surface area contributed by atoms with Crippen molar-refractivity contribution in [2.75, 3.05) is 6.54 Å². The molecule has 3 heterocycles. The fourth-order valence-corrected chi connectivity index (χ4v) is 6.69. The Hall–Kier alpha value is -2.40. The molecule has 7 N–H and O–H groups in total. The van der Waals surface area contributed by atoms with Gasteiger partial charge in [-0.2, -0.15) is 0 Å². The summed E-state index contributed by atoms with van der Waals surface area (Å²) in [5.74, 6) is -2.54. The van der Waals surface area contributed by atoms with Gasteiger partial charge in [0.2, 0.25) is 11.8 Å². The van der Waals surface area contributed by atoms with E-state index < -0.39 is 29.9 Å². The highest BCUT2D eigenvalue weighted by Gasteiger charge is 2.60. The molecule has 2 saturated heterocycles. The van der Waals surface area contributed by atoms with Gasteiger partial charge in [-0.25, -0.2) is 4.79 Å². The van der Waals surface area contributed by atoms with Gasteiger partial charge < -0.3 is 31.9 Å². The molecular weight excluding hydrogens is 444 g/mol. The molecule has 178 valence electrons. The number of aliphatic hydroxyl groups is 1. The number of β-lactam (4-membered cyclic amide) rings is 1. The molecule has 7 atom stereocenters. The standard InChI is InChI=1S/C23H30N4O5S/c1-10-19-18(11(2)28)22(30)27(19)20(23(31)32)21(10)33-14-7-16(26-9-14)13-5-3-12(4-6-13)15(24)8-17(25)29/h3-6,10-11,14-16,18-19,26,28H,7-9,24H2,1-2H3,(H2,25,29)(H,31,32)/t10-,11-,14+,15+,16-,18-,19-/m1/s1. The molecule has 0 radical (unpaired) electrons. The van der Waals surface area contributed by atoms with Crippen LogP contribution < -0.4 is 16.8 Å². The van der Waals surface area contributed by atoms with Crippen molar-refractivity contribution >= 4 is 29.5 Å². The number of carboxylic acids is 1. The smallest absolute Gasteiger partial charge is 0.353 e. The summed E-state index contributed by atoms with van der Waals surface area (Å²) in [7, 11) is 0. The number of aliphatic carboxylic acids is 1. The van der Waals surface area contributed by atoms with Gasteiger partial charge in [-0.15, -0.1) is 11.8 Å². The third kappa shape index (κ3) is 4.28. The molecule has 3 aliphatic rings. The zero-order valence-electron chi connectivity index (χ0n) is 18.6. The van der Waals surface area contributed by atoms with Crippen LogP contribution in [0.3, 0.4) is 0 Å². The summed E-state index contributed by atoms with van der Waals surface area (Å²) < 4.78 is 0. The molecule has 0 aliphatic carbocycles. The van der Waals surface area contributed by atoms with E-state index in [4.69, 9.17) is 11.5 Å². The Balaban J connectivity index is 1.44. The molecule has 0 spiro atoms. The molecule has 3 aliphatic heterocycles. The Kier molecular flexibility index (Phi) is 6.54. The molecule has 1 aromatic rings. The quantitative estimate of drug-likeness (QED) is 0.347. The van der Waals surface area contributed by atoms with Crippen molar-refractivity contribution in [3.63, 3.8) is 0 Å². The van der Waals surface area contributed by atoms with Gasteiger partial charge in [-0.3, -0.25) is 9.59 Å². The van der Waals surface area contributed by atoms with Crippen molar-refractivity contribution in [1.82, 2.24) is 10.2 Å². The van der Waals surface area contributed by atoms with E-state index in [0.29, 0.717) is 11.4 Å². The number of amides is 2. The Morgan fingerprint density at radius 1 is 1.30 bits per heavy atom. The SMILES string of the molecule is C[C@@H](O)[C@H]1C(=O)N2C(C(=O)O)=C(S[C@@H]3CN[C@@H](c4ccc([C@@H](N)CC(N)=O)cc4)C3)[C@H](C)[C@H]12. The molecule has 0 bridgehead atoms. The van der Waals surface area contributed by atoms with E-state index in [-0.39, 0.29) is 41.3 Å². The van der Waals surface area contributed by atoms with Crippen molar-refractivity contribution in [3.05, 3.63) is 46.0 Å². The van der Waals surface area contributed by atoms with Gasteiger partial charge in [0, 0.05) is 41.1 Å². The molecule has 10 heteroatoms. The highest BCUT2D eigenvalue weighted by Crippen LogP contribution is 2.52. The number of carbonyl (C=O) groups is 3. The van der Waals surface area contributed by atoms with Crippen LogP contribution in [0.15, 0.2) is 34.9 Å². The zero-order chi connectivity index (χ0) is 24.0. The topological polar surface area (TPSA) is 159 Å². The zero-order valence-corrected chi connectivity index (χ0v) is 19.4. The Morgan fingerprint density at radius 2 is 1.97 bits per heavy atom. The number of benzene rings is 1. The largest absolute Gasteiger partial charge is 0.477 e. The lowest BCUT2D eigenvalue weighted by molar-refractivity contribution is -0.163. The van der Waals surface area contributed by atoms with E-state index in [2.05, 4.69) is 5.32 Å². The normalized spacial score (nSPS) is 30.7. The van der Waals surface area contributed by atoms with E-state index in [9.17, 15) is 24.6 Å². The minimum absolute atomic E-state index is 0.0654. The molecule has 4 rings (SSSR count). The number of primary amides is 1. The molecule has 0 aromatic heterocycles. The first-order valence-electron chi connectivity index (χ1n) is 11.1. The molecule has 0 unspecified atom stereocenters. The van der Waals surface area contributed by atoms with E-state index in [1.165, 1.54) is 16.7 Å². The summed E-state index contributed by atoms with van der Waals surface area (Å²) in [5, 5.41) is 23.5. The number of nitrogens with one attached hydrogen (secondary N) is 1. The first kappa shape index (κ1) is 23.7. The van der Waals surface area contributed by atoms with Crippen LogP contribution in [-0.4, -0.2) is 56.8 Å². The minimum Gasteiger partial charge on any atom is -0.477 e. The van der Waals surface area contributed by atoms with E-state index in [0.717, 1.165) is 17.5 Å². The number of nitrogens with zero attached hydrogens (tertiary/aromatic N) is 1. The maximum Gasteiger partial charge on any atom is 0.353 e. The summed E-state index contributed by atoms with van der Waals surface area (Å²) >= 11 is 1.53. The molecule has 0 saturated carbocycles. The van der Waals surface area contributed by atoms with Crippen molar-refractivity contribution in [3.8, 4) is 0 Å². The third-order valence-corrected chi connectivity index (χ3v) is 8.39. The average molecular weight is 475 g/mol. The minimum atomic E-state index is -1.10. The lowest BCUT2D eigenvalue weighted by Gasteiger charge is -2.46. The van der Waals surface area contributed by atoms with E-state index >= 15 is 0 Å². The number of carboxylic acid groups (broad SMARTS) is 1. The van der Waals surface area contributed by atoms with Crippen molar-refractivity contribution in [1.29, 1.82) is 0 Å². The van der Waals surface area contributed by atoms with E-state index in [1.54, 1.807) is 6.92 Å². The number of nitrogens with two attached hydrogens (primary N) is 2. The summed E-state index contributed by atoms with van der Waals surface area (Å²) in [6.45, 7) is 4.22. The van der Waals surface area contributed by atoms with Crippen LogP contribution in [0.25, 0.3) is 0 Å². The molecule has 9 nitrogen and oxygen atoms in total. The fraction of sp³-hybridized carbons (Fsp3) is 0.522. The molecule has 33 heavy (non-hydrogen) atoms. The fourth-order valence-electron chi connectivity index (χ4n) is 5.22. The van der Waals surface area contributed by atoms with Crippen molar-refractivity contribution < 1.29 is 24.6 Å². The number of carbonyl (C=O) groups excluding carboxylic acids is 2. The van der Waals surface area contributed by atoms with Crippen LogP contribution in [0.1, 0.15) is 49.9 Å². The lowest BCUT2D eigenvalue weighted by Crippen LogP contribution is -2.63. The van der Waals surface area contributed by atoms with Crippen LogP contribution in [0.2, 0.25) is 0 Å². The van der Waals surface area contributed by atoms with Gasteiger partial charge in [-0.05, 0) is 24.5 Å². The second-order valence-electron chi connectivity index (χ2n) is 9.15. The van der Waals surface area contributed by atoms with Crippen molar-refractivity contribution in [2.45, 2.75) is 56.2 Å². The first-order chi connectivity index (χ1) is 15.6. The van der Waals surface area contributed by atoms with Gasteiger partial charge in [0.15, 0.2) is 0 Å². The number of hydrogen-bond donors (Lipinski definition) is 5. The van der Waals surface area contributed by atoms with Crippen LogP contribution >= 0.6 is 11.8 Å². The van der Waals surface area contributed by atoms with Crippen molar-refractivity contribution in [2.24, 2.45) is 23.3 Å². The van der Waals surface area contributed by atoms with Gasteiger partial charge >= 0.3 is 5.97 Å². The maximum absolute atomic E-state index is 12.5. The predicted molar refractivity (Wildman–Crippen MR) is 124 cm³/mol. The average Bonchev–Trinajstić information content (AvgIpc) is 3.30. The number of rotatable bonds is 8. The molecule has 2 fully saturated rings. The Morgan fingerprint density at radius 3 is 2.55 bits per heavy atom. The summed E-state index contributed by atoms with van der Waals surface area (Å²) in [4.78, 5) is 37.7. The summed E-state index contributed by atoms with van der Waals surface area (Å²) in [6.07, 6.45) is 0.0890. The molecular formula is C23H30N4O5S. The summed E-state index contributed by atoms with van der Waals surface area (Å²) in [6, 6.07) is 7.16. The maximum atomic E-state index is 12.5. The highest BCUT2D eigenvalue weighted by molar-refractivity contribution is 8.03. The first-order valence-corrected chi connectivity index (χ1v) is 12.0. The lowest BCUT2D eigenvalue weighted by atomic mass is 9.79. The van der Waals surface area contributed by atoms with Gasteiger partial charge in [0.05, 0.1) is 18.1 Å². The second kappa shape index (κ2) is 9.09. The highest BCUT2D eigenvalue weighted by atomic mass is 32.2. The van der Waals surface area contributed by atoms with Gasteiger partial charge in [-0.1, -0.05) is 31.2 Å². The monoisotopic (exact) mass is 474 g/mol. The number of hydrogen-bond acceptors (Lipinski definition) is 7. The van der Waals surface area contributed by atoms with Gasteiger partial charge in [0.25, 0.3) is 0 Å². The van der Waals surface area contributed by atoms with Crippen LogP contribution in [-0.2, 0) is 14.4 Å². The molecule has 2 amide bonds. The van der Waals surface area contributed by atoms with E-state index in [1.807, 2.05) is 31.2 Å². The predicted octanol–water partition coefficient (Wildman–Crippen LogP) is 0.852. The van der Waals surface area contributed by atoms with Crippen LogP contribution in [0.5, 0.6) is 0 Å². The van der Waals surface area contributed by atoms with Crippen LogP contribution in [0.4, 0.5) is 0 Å². The Labute approximate surface area is 196 Å². The number of fused-ring (bicyclic) bond motifs is 1. The van der Waals surface area contributed by atoms with Gasteiger partial charge in [0.1, 0.15) is 5.70 Å². The Bertz CT molecular complexity index is 995. The molecule has 1 aromatic carbocycles. The van der Waals surface area contributed by atoms with Crippen LogP contribution in [0, 0.1) is 11.8 Å². The number of thioether (sulfide) groups is 1. The number of aliphatic hydroxyl groups excluding tert-OH is 1.